The molecule has 0 aromatic heterocycles. The summed E-state index contributed by atoms with van der Waals surface area (Å²) < 4.78 is 26.6. The fourth-order valence-electron chi connectivity index (χ4n) is 4.20. The van der Waals surface area contributed by atoms with Crippen LogP contribution in [0.4, 0.5) is 5.69 Å². The molecule has 0 aliphatic heterocycles. The lowest BCUT2D eigenvalue weighted by atomic mass is 10.0. The molecule has 0 radical (unpaired) electrons. The van der Waals surface area contributed by atoms with Gasteiger partial charge in [-0.1, -0.05) is 48.3 Å². The van der Waals surface area contributed by atoms with Crippen LogP contribution in [-0.4, -0.2) is 49.5 Å². The van der Waals surface area contributed by atoms with Gasteiger partial charge in [-0.3, -0.25) is 13.9 Å². The number of aryl methyl sites for hydroxylation is 2. The van der Waals surface area contributed by atoms with Crippen LogP contribution < -0.4 is 9.62 Å². The summed E-state index contributed by atoms with van der Waals surface area (Å²) in [4.78, 5) is 28.3. The van der Waals surface area contributed by atoms with E-state index in [1.54, 1.807) is 18.2 Å². The predicted molar refractivity (Wildman–Crippen MR) is 156 cm³/mol. The first kappa shape index (κ1) is 31.9. The smallest absolute Gasteiger partial charge is 0.243 e. The number of carbonyl (C=O) groups excluding carboxylic acids is 2. The maximum atomic E-state index is 13.6. The fourth-order valence-corrected chi connectivity index (χ4v) is 5.73. The quantitative estimate of drug-likeness (QED) is 0.358. The molecule has 0 fully saturated rings. The van der Waals surface area contributed by atoms with E-state index in [2.05, 4.69) is 5.32 Å². The summed E-state index contributed by atoms with van der Waals surface area (Å²) in [5.74, 6) is -0.559. The number of hydrogen-bond acceptors (Lipinski definition) is 4. The molecular formula is C28H39Cl2N3O4S. The second-order valence-corrected chi connectivity index (χ2v) is 13.3. The van der Waals surface area contributed by atoms with Crippen LogP contribution in [-0.2, 0) is 26.2 Å². The van der Waals surface area contributed by atoms with E-state index < -0.39 is 21.6 Å². The normalized spacial score (nSPS) is 12.7. The van der Waals surface area contributed by atoms with Gasteiger partial charge in [0.15, 0.2) is 0 Å². The predicted octanol–water partition coefficient (Wildman–Crippen LogP) is 5.88. The molecule has 1 atom stereocenters. The number of carbonyl (C=O) groups is 2. The third-order valence-electron chi connectivity index (χ3n) is 6.06. The molecule has 0 unspecified atom stereocenters. The Labute approximate surface area is 237 Å². The van der Waals surface area contributed by atoms with Crippen LogP contribution in [0, 0.1) is 13.8 Å². The van der Waals surface area contributed by atoms with Crippen molar-refractivity contribution in [3.63, 3.8) is 0 Å². The van der Waals surface area contributed by atoms with Crippen molar-refractivity contribution in [1.29, 1.82) is 0 Å². The standard InChI is InChI=1S/C28H39Cl2N3O4S/c1-8-24(27(35)31-28(4,5)6)32(18-21-22(29)11-9-12-23(21)30)26(34)13-10-16-33(38(7,36)37)25-17-19(2)14-15-20(25)3/h9,11-12,14-15,17,24H,8,10,13,16,18H2,1-7H3,(H,31,35)/t24-/m0/s1. The maximum absolute atomic E-state index is 13.6. The van der Waals surface area contributed by atoms with Gasteiger partial charge >= 0.3 is 0 Å². The molecule has 0 heterocycles. The number of hydrogen-bond donors (Lipinski definition) is 1. The number of amides is 2. The lowest BCUT2D eigenvalue weighted by Gasteiger charge is -2.33. The molecule has 0 spiro atoms. The molecule has 0 saturated heterocycles. The van der Waals surface area contributed by atoms with Gasteiger partial charge in [-0.15, -0.1) is 0 Å². The van der Waals surface area contributed by atoms with Gasteiger partial charge in [0.2, 0.25) is 21.8 Å². The summed E-state index contributed by atoms with van der Waals surface area (Å²) in [5.41, 5.74) is 2.43. The summed E-state index contributed by atoms with van der Waals surface area (Å²) in [6, 6.07) is 9.98. The average Bonchev–Trinajstić information content (AvgIpc) is 2.78. The monoisotopic (exact) mass is 583 g/mol. The summed E-state index contributed by atoms with van der Waals surface area (Å²) >= 11 is 12.8. The van der Waals surface area contributed by atoms with Gasteiger partial charge in [-0.05, 0) is 76.8 Å². The molecule has 210 valence electrons. The van der Waals surface area contributed by atoms with Crippen molar-refractivity contribution in [2.75, 3.05) is 17.1 Å². The Kier molecular flexibility index (Phi) is 11.1. The van der Waals surface area contributed by atoms with Crippen LogP contribution in [0.2, 0.25) is 10.0 Å². The van der Waals surface area contributed by atoms with Crippen molar-refractivity contribution in [1.82, 2.24) is 10.2 Å². The molecule has 1 N–H and O–H groups in total. The average molecular weight is 585 g/mol. The largest absolute Gasteiger partial charge is 0.350 e. The highest BCUT2D eigenvalue weighted by Gasteiger charge is 2.31. The summed E-state index contributed by atoms with van der Waals surface area (Å²) in [6.07, 6.45) is 1.85. The number of anilines is 1. The van der Waals surface area contributed by atoms with Crippen molar-refractivity contribution in [3.8, 4) is 0 Å². The van der Waals surface area contributed by atoms with Crippen LogP contribution in [0.25, 0.3) is 0 Å². The fraction of sp³-hybridized carbons (Fsp3) is 0.500. The minimum atomic E-state index is -3.58. The van der Waals surface area contributed by atoms with E-state index in [1.165, 1.54) is 9.21 Å². The molecule has 7 nitrogen and oxygen atoms in total. The zero-order valence-corrected chi connectivity index (χ0v) is 25.6. The molecule has 2 rings (SSSR count). The third kappa shape index (κ3) is 8.89. The molecule has 10 heteroatoms. The van der Waals surface area contributed by atoms with Crippen LogP contribution in [0.5, 0.6) is 0 Å². The van der Waals surface area contributed by atoms with E-state index in [1.807, 2.05) is 59.7 Å². The molecule has 0 bridgehead atoms. The van der Waals surface area contributed by atoms with Gasteiger partial charge in [-0.25, -0.2) is 8.42 Å². The molecule has 0 aliphatic carbocycles. The zero-order chi connectivity index (χ0) is 28.8. The molecule has 0 saturated carbocycles. The zero-order valence-electron chi connectivity index (χ0n) is 23.3. The number of nitrogens with zero attached hydrogens (tertiary/aromatic N) is 2. The Morgan fingerprint density at radius 3 is 2.18 bits per heavy atom. The first-order valence-corrected chi connectivity index (χ1v) is 15.2. The van der Waals surface area contributed by atoms with Crippen molar-refractivity contribution in [2.24, 2.45) is 0 Å². The molecule has 2 amide bonds. The molecule has 0 aliphatic rings. The lowest BCUT2D eigenvalue weighted by Crippen LogP contribution is -2.53. The minimum absolute atomic E-state index is 0.0399. The minimum Gasteiger partial charge on any atom is -0.350 e. The van der Waals surface area contributed by atoms with Crippen molar-refractivity contribution >= 4 is 50.7 Å². The van der Waals surface area contributed by atoms with Crippen LogP contribution in [0.3, 0.4) is 0 Å². The Morgan fingerprint density at radius 1 is 1.05 bits per heavy atom. The van der Waals surface area contributed by atoms with E-state index in [9.17, 15) is 18.0 Å². The van der Waals surface area contributed by atoms with Gasteiger partial charge in [-0.2, -0.15) is 0 Å². The van der Waals surface area contributed by atoms with E-state index in [0.29, 0.717) is 27.7 Å². The number of benzene rings is 2. The van der Waals surface area contributed by atoms with Crippen LogP contribution in [0.1, 0.15) is 63.6 Å². The topological polar surface area (TPSA) is 86.8 Å². The number of halogens is 2. The van der Waals surface area contributed by atoms with Crippen molar-refractivity contribution in [2.45, 2.75) is 78.9 Å². The Balaban J connectivity index is 2.33. The first-order chi connectivity index (χ1) is 17.5. The SMILES string of the molecule is CC[C@@H](C(=O)NC(C)(C)C)N(Cc1c(Cl)cccc1Cl)C(=O)CCCN(c1cc(C)ccc1C)S(C)(=O)=O. The molecule has 2 aromatic carbocycles. The van der Waals surface area contributed by atoms with Gasteiger partial charge in [0.25, 0.3) is 0 Å². The summed E-state index contributed by atoms with van der Waals surface area (Å²) in [5, 5.41) is 3.77. The van der Waals surface area contributed by atoms with Crippen LogP contribution >= 0.6 is 23.2 Å². The Bertz CT molecular complexity index is 1240. The molecule has 2 aromatic rings. The maximum Gasteiger partial charge on any atom is 0.243 e. The highest BCUT2D eigenvalue weighted by Crippen LogP contribution is 2.28. The van der Waals surface area contributed by atoms with Gasteiger partial charge in [0.05, 0.1) is 11.9 Å². The van der Waals surface area contributed by atoms with E-state index in [0.717, 1.165) is 17.4 Å². The number of sulfonamides is 1. The van der Waals surface area contributed by atoms with Crippen LogP contribution in [0.15, 0.2) is 36.4 Å². The highest BCUT2D eigenvalue weighted by atomic mass is 35.5. The molecule has 38 heavy (non-hydrogen) atoms. The second kappa shape index (κ2) is 13.2. The van der Waals surface area contributed by atoms with E-state index in [4.69, 9.17) is 23.2 Å². The van der Waals surface area contributed by atoms with E-state index in [-0.39, 0.29) is 37.7 Å². The van der Waals surface area contributed by atoms with Crippen molar-refractivity contribution < 1.29 is 18.0 Å². The van der Waals surface area contributed by atoms with Gasteiger partial charge in [0, 0.05) is 40.7 Å². The van der Waals surface area contributed by atoms with E-state index >= 15 is 0 Å². The van der Waals surface area contributed by atoms with Crippen molar-refractivity contribution in [3.05, 3.63) is 63.1 Å². The summed E-state index contributed by atoms with van der Waals surface area (Å²) in [6.45, 7) is 11.4. The highest BCUT2D eigenvalue weighted by molar-refractivity contribution is 7.92. The second-order valence-electron chi connectivity index (χ2n) is 10.6. The molecular weight excluding hydrogens is 545 g/mol. The number of nitrogens with one attached hydrogen (secondary N) is 1. The Hall–Kier alpha value is -2.29. The third-order valence-corrected chi connectivity index (χ3v) is 7.95. The summed E-state index contributed by atoms with van der Waals surface area (Å²) in [7, 11) is -3.58. The lowest BCUT2D eigenvalue weighted by molar-refractivity contribution is -0.142. The van der Waals surface area contributed by atoms with Gasteiger partial charge < -0.3 is 10.2 Å². The number of rotatable bonds is 11. The Morgan fingerprint density at radius 2 is 1.66 bits per heavy atom. The first-order valence-electron chi connectivity index (χ1n) is 12.6. The van der Waals surface area contributed by atoms with Gasteiger partial charge in [0.1, 0.15) is 6.04 Å².